The van der Waals surface area contributed by atoms with Crippen molar-refractivity contribution in [2.75, 3.05) is 19.0 Å². The lowest BCUT2D eigenvalue weighted by Crippen LogP contribution is -2.21. The number of hydrogen-bond donors (Lipinski definition) is 2. The van der Waals surface area contributed by atoms with E-state index in [4.69, 9.17) is 4.74 Å². The second-order valence-corrected chi connectivity index (χ2v) is 5.75. The Morgan fingerprint density at radius 2 is 1.77 bits per heavy atom. The molecule has 0 atom stereocenters. The van der Waals surface area contributed by atoms with Gasteiger partial charge in [-0.05, 0) is 42.0 Å². The fraction of sp³-hybridized carbons (Fsp3) is 0.235. The summed E-state index contributed by atoms with van der Waals surface area (Å²) in [6, 6.07) is 15.4. The molecule has 1 amide bonds. The molecule has 0 saturated carbocycles. The third-order valence-corrected chi connectivity index (χ3v) is 3.67. The average molecular weight is 363 g/mol. The molecule has 0 aromatic heterocycles. The minimum absolute atomic E-state index is 0.00422. The highest BCUT2D eigenvalue weighted by Gasteiger charge is 2.02. The first-order valence-electron chi connectivity index (χ1n) is 7.06. The van der Waals surface area contributed by atoms with Crippen molar-refractivity contribution in [2.24, 2.45) is 0 Å². The van der Waals surface area contributed by atoms with E-state index in [2.05, 4.69) is 26.6 Å². The van der Waals surface area contributed by atoms with Crippen molar-refractivity contribution < 1.29 is 9.53 Å². The molecule has 5 heteroatoms. The zero-order chi connectivity index (χ0) is 15.8. The second-order valence-electron chi connectivity index (χ2n) is 4.83. The summed E-state index contributed by atoms with van der Waals surface area (Å²) in [6.45, 7) is 1.37. The minimum atomic E-state index is 0.00422. The lowest BCUT2D eigenvalue weighted by atomic mass is 10.2. The molecule has 4 nitrogen and oxygen atoms in total. The maximum Gasteiger partial charge on any atom is 0.225 e. The van der Waals surface area contributed by atoms with Crippen LogP contribution in [0.25, 0.3) is 0 Å². The van der Waals surface area contributed by atoms with E-state index >= 15 is 0 Å². The van der Waals surface area contributed by atoms with Gasteiger partial charge in [-0.15, -0.1) is 0 Å². The smallest absolute Gasteiger partial charge is 0.225 e. The van der Waals surface area contributed by atoms with Crippen molar-refractivity contribution in [3.8, 4) is 5.75 Å². The fourth-order valence-corrected chi connectivity index (χ4v) is 2.20. The SMILES string of the molecule is COc1ccc(CNCCC(=O)Nc2ccc(Br)cc2)cc1. The lowest BCUT2D eigenvalue weighted by Gasteiger charge is -2.07. The Balaban J connectivity index is 1.67. The largest absolute Gasteiger partial charge is 0.497 e. The van der Waals surface area contributed by atoms with E-state index in [1.165, 1.54) is 0 Å². The zero-order valence-corrected chi connectivity index (χ0v) is 14.0. The van der Waals surface area contributed by atoms with Gasteiger partial charge in [-0.3, -0.25) is 4.79 Å². The molecule has 0 bridgehead atoms. The number of hydrogen-bond acceptors (Lipinski definition) is 3. The normalized spacial score (nSPS) is 10.3. The van der Waals surface area contributed by atoms with Gasteiger partial charge in [-0.25, -0.2) is 0 Å². The highest BCUT2D eigenvalue weighted by Crippen LogP contribution is 2.14. The predicted octanol–water partition coefficient (Wildman–Crippen LogP) is 3.58. The quantitative estimate of drug-likeness (QED) is 0.740. The molecule has 0 saturated heterocycles. The van der Waals surface area contributed by atoms with Gasteiger partial charge in [-0.1, -0.05) is 28.1 Å². The van der Waals surface area contributed by atoms with Crippen LogP contribution in [-0.2, 0) is 11.3 Å². The van der Waals surface area contributed by atoms with Gasteiger partial charge in [0, 0.05) is 29.7 Å². The van der Waals surface area contributed by atoms with Crippen molar-refractivity contribution in [1.82, 2.24) is 5.32 Å². The van der Waals surface area contributed by atoms with Crippen molar-refractivity contribution in [1.29, 1.82) is 0 Å². The van der Waals surface area contributed by atoms with Gasteiger partial charge in [0.1, 0.15) is 5.75 Å². The number of benzene rings is 2. The van der Waals surface area contributed by atoms with Crippen molar-refractivity contribution >= 4 is 27.5 Å². The van der Waals surface area contributed by atoms with Crippen LogP contribution in [0.5, 0.6) is 5.75 Å². The molecule has 0 unspecified atom stereocenters. The molecule has 2 aromatic carbocycles. The Morgan fingerprint density at radius 3 is 2.41 bits per heavy atom. The van der Waals surface area contributed by atoms with Gasteiger partial charge in [-0.2, -0.15) is 0 Å². The van der Waals surface area contributed by atoms with Crippen LogP contribution in [0.2, 0.25) is 0 Å². The molecule has 2 rings (SSSR count). The van der Waals surface area contributed by atoms with E-state index < -0.39 is 0 Å². The third-order valence-electron chi connectivity index (χ3n) is 3.14. The molecule has 0 aliphatic heterocycles. The van der Waals surface area contributed by atoms with Gasteiger partial charge in [0.05, 0.1) is 7.11 Å². The van der Waals surface area contributed by atoms with Gasteiger partial charge in [0.2, 0.25) is 5.91 Å². The first-order valence-corrected chi connectivity index (χ1v) is 7.86. The van der Waals surface area contributed by atoms with Crippen molar-refractivity contribution in [2.45, 2.75) is 13.0 Å². The summed E-state index contributed by atoms with van der Waals surface area (Å²) in [5, 5.41) is 6.12. The summed E-state index contributed by atoms with van der Waals surface area (Å²) in [5.74, 6) is 0.849. The van der Waals surface area contributed by atoms with Crippen LogP contribution in [0.1, 0.15) is 12.0 Å². The molecule has 116 valence electrons. The lowest BCUT2D eigenvalue weighted by molar-refractivity contribution is -0.116. The summed E-state index contributed by atoms with van der Waals surface area (Å²) in [6.07, 6.45) is 0.437. The van der Waals surface area contributed by atoms with E-state index in [1.807, 2.05) is 48.5 Å². The number of ether oxygens (including phenoxy) is 1. The van der Waals surface area contributed by atoms with Crippen LogP contribution < -0.4 is 15.4 Å². The number of anilines is 1. The fourth-order valence-electron chi connectivity index (χ4n) is 1.93. The summed E-state index contributed by atoms with van der Waals surface area (Å²) in [7, 11) is 1.65. The Bertz CT molecular complexity index is 597. The van der Waals surface area contributed by atoms with Crippen LogP contribution in [0.4, 0.5) is 5.69 Å². The van der Waals surface area contributed by atoms with Gasteiger partial charge in [0.15, 0.2) is 0 Å². The summed E-state index contributed by atoms with van der Waals surface area (Å²) in [4.78, 5) is 11.8. The van der Waals surface area contributed by atoms with Gasteiger partial charge in [0.25, 0.3) is 0 Å². The molecule has 0 aliphatic rings. The van der Waals surface area contributed by atoms with E-state index in [-0.39, 0.29) is 5.91 Å². The number of methoxy groups -OCH3 is 1. The Labute approximate surface area is 139 Å². The molecule has 22 heavy (non-hydrogen) atoms. The van der Waals surface area contributed by atoms with Crippen LogP contribution in [0.3, 0.4) is 0 Å². The minimum Gasteiger partial charge on any atom is -0.497 e. The van der Waals surface area contributed by atoms with Crippen molar-refractivity contribution in [3.05, 3.63) is 58.6 Å². The van der Waals surface area contributed by atoms with Crippen LogP contribution >= 0.6 is 15.9 Å². The molecular formula is C17H19BrN2O2. The summed E-state index contributed by atoms with van der Waals surface area (Å²) < 4.78 is 6.11. The Hall–Kier alpha value is -1.85. The van der Waals surface area contributed by atoms with E-state index in [0.29, 0.717) is 13.0 Å². The number of rotatable bonds is 7. The Kier molecular flexibility index (Phi) is 6.43. The zero-order valence-electron chi connectivity index (χ0n) is 12.4. The van der Waals surface area contributed by atoms with E-state index in [0.717, 1.165) is 28.0 Å². The molecule has 0 spiro atoms. The molecular weight excluding hydrogens is 344 g/mol. The molecule has 0 heterocycles. The number of carbonyl (C=O) groups is 1. The topological polar surface area (TPSA) is 50.4 Å². The molecule has 2 aromatic rings. The standard InChI is InChI=1S/C17H19BrN2O2/c1-22-16-8-2-13(3-9-16)12-19-11-10-17(21)20-15-6-4-14(18)5-7-15/h2-9,19H,10-12H2,1H3,(H,20,21). The molecule has 2 N–H and O–H groups in total. The number of amides is 1. The van der Waals surface area contributed by atoms with E-state index in [1.54, 1.807) is 7.11 Å². The first-order chi connectivity index (χ1) is 10.7. The maximum atomic E-state index is 11.8. The third kappa shape index (κ3) is 5.50. The highest BCUT2D eigenvalue weighted by atomic mass is 79.9. The van der Waals surface area contributed by atoms with Crippen LogP contribution in [-0.4, -0.2) is 19.6 Å². The monoisotopic (exact) mass is 362 g/mol. The molecule has 0 aliphatic carbocycles. The molecule has 0 radical (unpaired) electrons. The average Bonchev–Trinajstić information content (AvgIpc) is 2.54. The van der Waals surface area contributed by atoms with Gasteiger partial charge < -0.3 is 15.4 Å². The maximum absolute atomic E-state index is 11.8. The number of nitrogens with one attached hydrogen (secondary N) is 2. The highest BCUT2D eigenvalue weighted by molar-refractivity contribution is 9.10. The molecule has 0 fully saturated rings. The summed E-state index contributed by atoms with van der Waals surface area (Å²) >= 11 is 3.36. The van der Waals surface area contributed by atoms with Crippen molar-refractivity contribution in [3.63, 3.8) is 0 Å². The number of carbonyl (C=O) groups excluding carboxylic acids is 1. The Morgan fingerprint density at radius 1 is 1.09 bits per heavy atom. The van der Waals surface area contributed by atoms with Crippen LogP contribution in [0, 0.1) is 0 Å². The van der Waals surface area contributed by atoms with Crippen LogP contribution in [0.15, 0.2) is 53.0 Å². The predicted molar refractivity (Wildman–Crippen MR) is 92.1 cm³/mol. The summed E-state index contributed by atoms with van der Waals surface area (Å²) in [5.41, 5.74) is 1.97. The van der Waals surface area contributed by atoms with Gasteiger partial charge >= 0.3 is 0 Å². The second kappa shape index (κ2) is 8.56. The first kappa shape index (κ1) is 16.5. The number of halogens is 1. The van der Waals surface area contributed by atoms with E-state index in [9.17, 15) is 4.79 Å².